The Bertz CT molecular complexity index is 997. The highest BCUT2D eigenvalue weighted by molar-refractivity contribution is 8.00. The number of benzene rings is 3. The predicted molar refractivity (Wildman–Crippen MR) is 126 cm³/mol. The van der Waals surface area contributed by atoms with Crippen LogP contribution in [-0.4, -0.2) is 53.5 Å². The minimum absolute atomic E-state index is 0.0840. The van der Waals surface area contributed by atoms with E-state index in [1.807, 2.05) is 41.3 Å². The van der Waals surface area contributed by atoms with E-state index >= 15 is 0 Å². The third-order valence-corrected chi connectivity index (χ3v) is 6.88. The van der Waals surface area contributed by atoms with Crippen molar-refractivity contribution in [3.05, 3.63) is 107 Å². The van der Waals surface area contributed by atoms with E-state index in [9.17, 15) is 14.0 Å². The van der Waals surface area contributed by atoms with Gasteiger partial charge in [-0.2, -0.15) is 0 Å². The summed E-state index contributed by atoms with van der Waals surface area (Å²) in [5.74, 6) is -0.0281. The third kappa shape index (κ3) is 5.37. The molecule has 3 aromatic carbocycles. The number of hydrogen-bond acceptors (Lipinski definition) is 3. The molecule has 0 saturated carbocycles. The highest BCUT2D eigenvalue weighted by Crippen LogP contribution is 2.35. The summed E-state index contributed by atoms with van der Waals surface area (Å²) in [6.45, 7) is 1.97. The SMILES string of the molecule is O=C(CSC(c1ccccc1)c1ccccc1)N1CCN(C(=O)c2ccc(F)cc2)CC1. The van der Waals surface area contributed by atoms with Crippen LogP contribution in [0.15, 0.2) is 84.9 Å². The van der Waals surface area contributed by atoms with E-state index in [-0.39, 0.29) is 22.9 Å². The molecule has 1 heterocycles. The molecule has 164 valence electrons. The van der Waals surface area contributed by atoms with Crippen LogP contribution in [0.2, 0.25) is 0 Å². The number of carbonyl (C=O) groups excluding carboxylic acids is 2. The third-order valence-electron chi connectivity index (χ3n) is 5.59. The second-order valence-electron chi connectivity index (χ2n) is 7.69. The van der Waals surface area contributed by atoms with Crippen LogP contribution < -0.4 is 0 Å². The molecule has 0 spiro atoms. The Morgan fingerprint density at radius 1 is 0.750 bits per heavy atom. The lowest BCUT2D eigenvalue weighted by atomic mass is 10.0. The van der Waals surface area contributed by atoms with Gasteiger partial charge in [0.2, 0.25) is 5.91 Å². The number of hydrogen-bond donors (Lipinski definition) is 0. The minimum atomic E-state index is -0.362. The van der Waals surface area contributed by atoms with Gasteiger partial charge in [0.1, 0.15) is 5.82 Å². The van der Waals surface area contributed by atoms with Gasteiger partial charge in [0.05, 0.1) is 11.0 Å². The lowest BCUT2D eigenvalue weighted by Gasteiger charge is -2.35. The Balaban J connectivity index is 1.34. The van der Waals surface area contributed by atoms with Gasteiger partial charge in [0, 0.05) is 31.7 Å². The molecule has 0 bridgehead atoms. The summed E-state index contributed by atoms with van der Waals surface area (Å²) in [5, 5.41) is 0.0858. The lowest BCUT2D eigenvalue weighted by Crippen LogP contribution is -2.51. The molecular weight excluding hydrogens is 423 g/mol. The topological polar surface area (TPSA) is 40.6 Å². The lowest BCUT2D eigenvalue weighted by molar-refractivity contribution is -0.129. The number of rotatable bonds is 6. The molecule has 0 radical (unpaired) electrons. The molecule has 0 N–H and O–H groups in total. The first kappa shape index (κ1) is 22.1. The second kappa shape index (κ2) is 10.5. The first-order chi connectivity index (χ1) is 15.6. The van der Waals surface area contributed by atoms with Gasteiger partial charge in [-0.1, -0.05) is 60.7 Å². The summed E-state index contributed by atoms with van der Waals surface area (Å²) in [6.07, 6.45) is 0. The van der Waals surface area contributed by atoms with Crippen LogP contribution in [0.4, 0.5) is 4.39 Å². The van der Waals surface area contributed by atoms with Crippen molar-refractivity contribution in [1.82, 2.24) is 9.80 Å². The summed E-state index contributed by atoms with van der Waals surface area (Å²) in [6, 6.07) is 26.0. The number of thioether (sulfide) groups is 1. The fraction of sp³-hybridized carbons (Fsp3) is 0.231. The molecule has 0 unspecified atom stereocenters. The molecule has 1 aliphatic rings. The van der Waals surface area contributed by atoms with Crippen molar-refractivity contribution in [3.8, 4) is 0 Å². The van der Waals surface area contributed by atoms with Gasteiger partial charge in [-0.25, -0.2) is 4.39 Å². The molecule has 2 amide bonds. The zero-order valence-corrected chi connectivity index (χ0v) is 18.5. The van der Waals surface area contributed by atoms with Gasteiger partial charge >= 0.3 is 0 Å². The average molecular weight is 449 g/mol. The van der Waals surface area contributed by atoms with Gasteiger partial charge in [-0.3, -0.25) is 9.59 Å². The van der Waals surface area contributed by atoms with Gasteiger partial charge in [0.25, 0.3) is 5.91 Å². The van der Waals surface area contributed by atoms with Crippen LogP contribution in [0.1, 0.15) is 26.7 Å². The van der Waals surface area contributed by atoms with Crippen molar-refractivity contribution in [2.24, 2.45) is 0 Å². The zero-order chi connectivity index (χ0) is 22.3. The Kier molecular flexibility index (Phi) is 7.22. The summed E-state index contributed by atoms with van der Waals surface area (Å²) in [5.41, 5.74) is 2.81. The predicted octanol–water partition coefficient (Wildman–Crippen LogP) is 4.63. The van der Waals surface area contributed by atoms with Crippen LogP contribution in [0, 0.1) is 5.82 Å². The number of carbonyl (C=O) groups is 2. The molecule has 1 saturated heterocycles. The molecule has 0 atom stereocenters. The molecule has 4 nitrogen and oxygen atoms in total. The second-order valence-corrected chi connectivity index (χ2v) is 8.79. The number of halogens is 1. The molecule has 6 heteroatoms. The van der Waals surface area contributed by atoms with E-state index < -0.39 is 0 Å². The maximum atomic E-state index is 13.1. The van der Waals surface area contributed by atoms with Crippen molar-refractivity contribution in [2.45, 2.75) is 5.25 Å². The Labute approximate surface area is 192 Å². The van der Waals surface area contributed by atoms with E-state index in [0.717, 1.165) is 0 Å². The number of piperazine rings is 1. The van der Waals surface area contributed by atoms with Crippen molar-refractivity contribution in [3.63, 3.8) is 0 Å². The quantitative estimate of drug-likeness (QED) is 0.552. The van der Waals surface area contributed by atoms with Gasteiger partial charge in [-0.05, 0) is 35.4 Å². The highest BCUT2D eigenvalue weighted by atomic mass is 32.2. The molecule has 3 aromatic rings. The zero-order valence-electron chi connectivity index (χ0n) is 17.7. The first-order valence-corrected chi connectivity index (χ1v) is 11.7. The number of amides is 2. The summed E-state index contributed by atoms with van der Waals surface area (Å²) >= 11 is 1.63. The summed E-state index contributed by atoms with van der Waals surface area (Å²) in [4.78, 5) is 29.1. The molecule has 1 fully saturated rings. The van der Waals surface area contributed by atoms with Crippen molar-refractivity contribution >= 4 is 23.6 Å². The minimum Gasteiger partial charge on any atom is -0.338 e. The largest absolute Gasteiger partial charge is 0.338 e. The monoisotopic (exact) mass is 448 g/mol. The summed E-state index contributed by atoms with van der Waals surface area (Å²) < 4.78 is 13.1. The molecule has 1 aliphatic heterocycles. The standard InChI is InChI=1S/C26H25FN2O2S/c27-23-13-11-22(12-14-23)26(31)29-17-15-28(16-18-29)24(30)19-32-25(20-7-3-1-4-8-20)21-9-5-2-6-10-21/h1-14,25H,15-19H2. The Morgan fingerprint density at radius 2 is 1.25 bits per heavy atom. The smallest absolute Gasteiger partial charge is 0.253 e. The maximum absolute atomic E-state index is 13.1. The fourth-order valence-electron chi connectivity index (χ4n) is 3.82. The maximum Gasteiger partial charge on any atom is 0.253 e. The van der Waals surface area contributed by atoms with Crippen LogP contribution >= 0.6 is 11.8 Å². The number of nitrogens with zero attached hydrogens (tertiary/aromatic N) is 2. The van der Waals surface area contributed by atoms with E-state index in [1.54, 1.807) is 16.7 Å². The van der Waals surface area contributed by atoms with E-state index in [0.29, 0.717) is 37.5 Å². The Hall–Kier alpha value is -3.12. The fourth-order valence-corrected chi connectivity index (χ4v) is 5.01. The molecule has 0 aliphatic carbocycles. The summed E-state index contributed by atoms with van der Waals surface area (Å²) in [7, 11) is 0. The van der Waals surface area contributed by atoms with Crippen LogP contribution in [0.25, 0.3) is 0 Å². The van der Waals surface area contributed by atoms with Gasteiger partial charge < -0.3 is 9.80 Å². The van der Waals surface area contributed by atoms with Gasteiger partial charge in [-0.15, -0.1) is 11.8 Å². The first-order valence-electron chi connectivity index (χ1n) is 10.7. The molecule has 4 rings (SSSR count). The van der Waals surface area contributed by atoms with Crippen molar-refractivity contribution in [1.29, 1.82) is 0 Å². The Morgan fingerprint density at radius 3 is 1.78 bits per heavy atom. The molecular formula is C26H25FN2O2S. The van der Waals surface area contributed by atoms with Crippen molar-refractivity contribution < 1.29 is 14.0 Å². The highest BCUT2D eigenvalue weighted by Gasteiger charge is 2.26. The van der Waals surface area contributed by atoms with Crippen LogP contribution in [0.5, 0.6) is 0 Å². The van der Waals surface area contributed by atoms with Crippen molar-refractivity contribution in [2.75, 3.05) is 31.9 Å². The van der Waals surface area contributed by atoms with E-state index in [4.69, 9.17) is 0 Å². The molecule has 0 aromatic heterocycles. The van der Waals surface area contributed by atoms with Crippen LogP contribution in [0.3, 0.4) is 0 Å². The normalized spacial score (nSPS) is 13.9. The van der Waals surface area contributed by atoms with E-state index in [2.05, 4.69) is 24.3 Å². The molecule has 32 heavy (non-hydrogen) atoms. The van der Waals surface area contributed by atoms with Crippen LogP contribution in [-0.2, 0) is 4.79 Å². The average Bonchev–Trinajstić information content (AvgIpc) is 2.85. The van der Waals surface area contributed by atoms with Gasteiger partial charge in [0.15, 0.2) is 0 Å². The van der Waals surface area contributed by atoms with E-state index in [1.165, 1.54) is 35.4 Å².